The molecule has 9 nitrogen and oxygen atoms in total. The Kier molecular flexibility index (Phi) is 5.52. The Morgan fingerprint density at radius 3 is 2.53 bits per heavy atom. The maximum atomic E-state index is 12.9. The van der Waals surface area contributed by atoms with Crippen LogP contribution in [0, 0.1) is 21.4 Å². The molecule has 4 rings (SSSR count). The Hall–Kier alpha value is -4.32. The fourth-order valence-electron chi connectivity index (χ4n) is 3.96. The first-order valence-corrected chi connectivity index (χ1v) is 10.0. The number of allylic oxidation sites excluding steroid dienone is 1. The minimum absolute atomic E-state index is 0.0204. The summed E-state index contributed by atoms with van der Waals surface area (Å²) in [5, 5.41) is 28.7. The predicted molar refractivity (Wildman–Crippen MR) is 115 cm³/mol. The number of benzene rings is 2. The van der Waals surface area contributed by atoms with Gasteiger partial charge in [0.25, 0.3) is 5.69 Å². The van der Waals surface area contributed by atoms with Crippen molar-refractivity contribution in [1.82, 2.24) is 15.0 Å². The van der Waals surface area contributed by atoms with Crippen LogP contribution in [0.15, 0.2) is 54.1 Å². The summed E-state index contributed by atoms with van der Waals surface area (Å²) in [7, 11) is 0. The average Bonchev–Trinajstić information content (AvgIpc) is 3.23. The minimum atomic E-state index is -0.458. The molecule has 1 atom stereocenters. The van der Waals surface area contributed by atoms with Crippen LogP contribution in [0.5, 0.6) is 0 Å². The highest BCUT2D eigenvalue weighted by atomic mass is 16.6. The Labute approximate surface area is 183 Å². The molecule has 160 valence electrons. The van der Waals surface area contributed by atoms with Crippen molar-refractivity contribution in [2.45, 2.75) is 26.2 Å². The molecule has 32 heavy (non-hydrogen) atoms. The van der Waals surface area contributed by atoms with Crippen molar-refractivity contribution in [3.8, 4) is 11.8 Å². The maximum Gasteiger partial charge on any atom is 0.334 e. The largest absolute Gasteiger partial charge is 0.463 e. The van der Waals surface area contributed by atoms with Crippen LogP contribution in [0.25, 0.3) is 11.3 Å². The van der Waals surface area contributed by atoms with E-state index >= 15 is 0 Å². The molecule has 1 heterocycles. The van der Waals surface area contributed by atoms with Gasteiger partial charge in [0, 0.05) is 24.5 Å². The fourth-order valence-corrected chi connectivity index (χ4v) is 3.96. The number of nitrogens with zero attached hydrogens (tertiary/aromatic N) is 5. The van der Waals surface area contributed by atoms with E-state index in [1.807, 2.05) is 0 Å². The third-order valence-electron chi connectivity index (χ3n) is 5.51. The molecule has 0 fully saturated rings. The Bertz CT molecular complexity index is 1270. The van der Waals surface area contributed by atoms with E-state index in [9.17, 15) is 14.9 Å². The third kappa shape index (κ3) is 3.63. The average molecular weight is 429 g/mol. The SMILES string of the molecule is CCOC(=O)C1=C(C)c2nnn(-c3ccc(C#N)cc3)c2CC1c1ccc([N+](=O)[O-])cc1. The van der Waals surface area contributed by atoms with Crippen LogP contribution in [-0.4, -0.2) is 32.5 Å². The minimum Gasteiger partial charge on any atom is -0.463 e. The standard InChI is InChI=1S/C23H19N5O4/c1-3-32-23(29)21-14(2)22-20(12-19(21)16-6-10-18(11-7-16)28(30)31)27(26-25-22)17-8-4-15(13-24)5-9-17/h4-11,19H,3,12H2,1-2H3. The normalized spacial score (nSPS) is 15.1. The molecule has 1 unspecified atom stereocenters. The van der Waals surface area contributed by atoms with Crippen molar-refractivity contribution in [3.05, 3.63) is 86.7 Å². The number of aromatic nitrogens is 3. The molecule has 0 N–H and O–H groups in total. The monoisotopic (exact) mass is 429 g/mol. The van der Waals surface area contributed by atoms with Gasteiger partial charge in [0.2, 0.25) is 0 Å². The second-order valence-electron chi connectivity index (χ2n) is 7.32. The van der Waals surface area contributed by atoms with Crippen molar-refractivity contribution < 1.29 is 14.5 Å². The summed E-state index contributed by atoms with van der Waals surface area (Å²) in [6, 6.07) is 15.2. The molecule has 0 bridgehead atoms. The van der Waals surface area contributed by atoms with Gasteiger partial charge in [0.15, 0.2) is 0 Å². The van der Waals surface area contributed by atoms with Crippen LogP contribution in [0.1, 0.15) is 42.3 Å². The van der Waals surface area contributed by atoms with Gasteiger partial charge >= 0.3 is 5.97 Å². The number of fused-ring (bicyclic) bond motifs is 1. The fraction of sp³-hybridized carbons (Fsp3) is 0.217. The van der Waals surface area contributed by atoms with E-state index in [1.165, 1.54) is 12.1 Å². The van der Waals surface area contributed by atoms with Crippen LogP contribution in [0.4, 0.5) is 5.69 Å². The summed E-state index contributed by atoms with van der Waals surface area (Å²) in [5.74, 6) is -0.815. The van der Waals surface area contributed by atoms with Gasteiger partial charge in [0.05, 0.1) is 40.1 Å². The van der Waals surface area contributed by atoms with Crippen LogP contribution in [0.2, 0.25) is 0 Å². The molecule has 0 aliphatic heterocycles. The van der Waals surface area contributed by atoms with Crippen molar-refractivity contribution in [1.29, 1.82) is 5.26 Å². The van der Waals surface area contributed by atoms with E-state index in [1.54, 1.807) is 54.9 Å². The van der Waals surface area contributed by atoms with Crippen molar-refractivity contribution in [3.63, 3.8) is 0 Å². The van der Waals surface area contributed by atoms with Crippen LogP contribution in [-0.2, 0) is 16.0 Å². The number of nitro groups is 1. The molecular weight excluding hydrogens is 410 g/mol. The van der Waals surface area contributed by atoms with Gasteiger partial charge in [0.1, 0.15) is 5.69 Å². The zero-order valence-electron chi connectivity index (χ0n) is 17.5. The van der Waals surface area contributed by atoms with E-state index < -0.39 is 10.9 Å². The Balaban J connectivity index is 1.83. The number of non-ortho nitro benzene ring substituents is 1. The lowest BCUT2D eigenvalue weighted by molar-refractivity contribution is -0.384. The maximum absolute atomic E-state index is 12.9. The molecule has 0 saturated carbocycles. The van der Waals surface area contributed by atoms with E-state index in [0.717, 1.165) is 16.9 Å². The number of nitriles is 1. The number of nitro benzene ring substituents is 1. The molecular formula is C23H19N5O4. The third-order valence-corrected chi connectivity index (χ3v) is 5.51. The number of hydrogen-bond acceptors (Lipinski definition) is 7. The molecule has 0 saturated heterocycles. The van der Waals surface area contributed by atoms with E-state index in [2.05, 4.69) is 16.4 Å². The second kappa shape index (κ2) is 8.43. The molecule has 2 aromatic carbocycles. The van der Waals surface area contributed by atoms with Gasteiger partial charge in [-0.05, 0) is 49.2 Å². The predicted octanol–water partition coefficient (Wildman–Crippen LogP) is 3.72. The van der Waals surface area contributed by atoms with E-state index in [-0.39, 0.29) is 18.2 Å². The van der Waals surface area contributed by atoms with E-state index in [4.69, 9.17) is 10.00 Å². The van der Waals surface area contributed by atoms with Gasteiger partial charge in [-0.25, -0.2) is 9.48 Å². The van der Waals surface area contributed by atoms with Gasteiger partial charge in [-0.15, -0.1) is 5.10 Å². The van der Waals surface area contributed by atoms with Gasteiger partial charge in [-0.3, -0.25) is 10.1 Å². The van der Waals surface area contributed by atoms with Crippen molar-refractivity contribution in [2.24, 2.45) is 0 Å². The number of carbonyl (C=O) groups is 1. The molecule has 1 aliphatic rings. The zero-order chi connectivity index (χ0) is 22.8. The topological polar surface area (TPSA) is 124 Å². The molecule has 1 aromatic heterocycles. The summed E-state index contributed by atoms with van der Waals surface area (Å²) < 4.78 is 7.00. The quantitative estimate of drug-likeness (QED) is 0.344. The van der Waals surface area contributed by atoms with Gasteiger partial charge < -0.3 is 4.74 Å². The summed E-state index contributed by atoms with van der Waals surface area (Å²) in [5.41, 5.74) is 4.57. The number of rotatable bonds is 5. The lowest BCUT2D eigenvalue weighted by atomic mass is 9.79. The lowest BCUT2D eigenvalue weighted by Crippen LogP contribution is -2.23. The van der Waals surface area contributed by atoms with Crippen LogP contribution in [0.3, 0.4) is 0 Å². The summed E-state index contributed by atoms with van der Waals surface area (Å²) in [6.07, 6.45) is 0.408. The molecule has 9 heteroatoms. The highest BCUT2D eigenvalue weighted by molar-refractivity contribution is 5.99. The number of ether oxygens (including phenoxy) is 1. The number of hydrogen-bond donors (Lipinski definition) is 0. The highest BCUT2D eigenvalue weighted by Crippen LogP contribution is 2.41. The second-order valence-corrected chi connectivity index (χ2v) is 7.32. The first kappa shape index (κ1) is 20.9. The summed E-state index contributed by atoms with van der Waals surface area (Å²) in [4.78, 5) is 23.4. The molecule has 0 radical (unpaired) electrons. The Morgan fingerprint density at radius 2 is 1.94 bits per heavy atom. The molecule has 0 amide bonds. The van der Waals surface area contributed by atoms with Crippen LogP contribution < -0.4 is 0 Å². The zero-order valence-corrected chi connectivity index (χ0v) is 17.5. The van der Waals surface area contributed by atoms with Gasteiger partial charge in [-0.1, -0.05) is 17.3 Å². The first-order chi connectivity index (χ1) is 15.4. The van der Waals surface area contributed by atoms with Crippen molar-refractivity contribution in [2.75, 3.05) is 6.61 Å². The number of carbonyl (C=O) groups excluding carboxylic acids is 1. The highest BCUT2D eigenvalue weighted by Gasteiger charge is 2.35. The molecule has 3 aromatic rings. The van der Waals surface area contributed by atoms with Gasteiger partial charge in [-0.2, -0.15) is 5.26 Å². The van der Waals surface area contributed by atoms with Crippen molar-refractivity contribution >= 4 is 17.2 Å². The van der Waals surface area contributed by atoms with Crippen LogP contribution >= 0.6 is 0 Å². The first-order valence-electron chi connectivity index (χ1n) is 10.0. The summed E-state index contributed by atoms with van der Waals surface area (Å²) >= 11 is 0. The summed E-state index contributed by atoms with van der Waals surface area (Å²) in [6.45, 7) is 3.78. The molecule has 0 spiro atoms. The molecule has 1 aliphatic carbocycles. The lowest BCUT2D eigenvalue weighted by Gasteiger charge is -2.26. The van der Waals surface area contributed by atoms with E-state index in [0.29, 0.717) is 28.8 Å². The smallest absolute Gasteiger partial charge is 0.334 e. The number of esters is 1. The Morgan fingerprint density at radius 1 is 1.25 bits per heavy atom.